The van der Waals surface area contributed by atoms with E-state index in [9.17, 15) is 19.5 Å². The van der Waals surface area contributed by atoms with Crippen molar-refractivity contribution in [2.45, 2.75) is 48.6 Å². The van der Waals surface area contributed by atoms with Crippen LogP contribution in [0.2, 0.25) is 5.02 Å². The first-order valence-corrected chi connectivity index (χ1v) is 14.1. The highest BCUT2D eigenvalue weighted by Crippen LogP contribution is 2.68. The van der Waals surface area contributed by atoms with Gasteiger partial charge in [-0.15, -0.1) is 24.9 Å². The van der Waals surface area contributed by atoms with Crippen molar-refractivity contribution in [2.24, 2.45) is 17.8 Å². The topological polar surface area (TPSA) is 87.2 Å². The third-order valence-corrected chi connectivity index (χ3v) is 10.2. The Morgan fingerprint density at radius 3 is 2.73 bits per heavy atom. The predicted molar refractivity (Wildman–Crippen MR) is 146 cm³/mol. The Bertz CT molecular complexity index is 1070. The van der Waals surface area contributed by atoms with Gasteiger partial charge in [-0.05, 0) is 43.7 Å². The Balaban J connectivity index is 1.73. The lowest BCUT2D eigenvalue weighted by Crippen LogP contribution is -2.57. The van der Waals surface area contributed by atoms with Crippen LogP contribution in [0.25, 0.3) is 0 Å². The Labute approximate surface area is 227 Å². The van der Waals surface area contributed by atoms with E-state index in [2.05, 4.69) is 20.1 Å². The number of carbonyl (C=O) groups excluding carboxylic acids is 3. The number of hydrogen-bond donors (Lipinski definition) is 1. The second-order valence-corrected chi connectivity index (χ2v) is 11.9. The maximum absolute atomic E-state index is 14.4. The number of esters is 1. The molecule has 1 aromatic carbocycles. The minimum atomic E-state index is -0.795. The number of ether oxygens (including phenoxy) is 1. The van der Waals surface area contributed by atoms with Crippen molar-refractivity contribution < 1.29 is 24.2 Å². The van der Waals surface area contributed by atoms with E-state index < -0.39 is 22.6 Å². The number of halogens is 1. The lowest BCUT2D eigenvalue weighted by molar-refractivity contribution is -0.154. The molecule has 0 radical (unpaired) electrons. The molecule has 2 amide bonds. The van der Waals surface area contributed by atoms with Crippen LogP contribution < -0.4 is 4.90 Å². The average Bonchev–Trinajstić information content (AvgIpc) is 3.47. The standard InChI is InChI=1S/C28H35ClN2O5S/c1-4-6-9-16-36-27(35)22-21-17-18(3)28(37-21)23(22)25(33)31(14-10-15-32)24(28)26(34)30(13-5-2)20-12-8-7-11-19(20)29/h4-5,7-8,11-12,18,21-24,32H,1-2,6,9-10,13-17H2,3H3/t18?,21-,22+,23-,24?,28?/m0/s1. The summed E-state index contributed by atoms with van der Waals surface area (Å²) in [6.07, 6.45) is 5.90. The molecule has 0 saturated carbocycles. The van der Waals surface area contributed by atoms with Crippen molar-refractivity contribution in [3.63, 3.8) is 0 Å². The van der Waals surface area contributed by atoms with Gasteiger partial charge < -0.3 is 19.6 Å². The summed E-state index contributed by atoms with van der Waals surface area (Å²) in [5.41, 5.74) is 0.548. The van der Waals surface area contributed by atoms with Crippen molar-refractivity contribution >= 4 is 46.8 Å². The number of rotatable bonds is 12. The number of aliphatic hydroxyl groups is 1. The number of hydrogen-bond acceptors (Lipinski definition) is 6. The minimum Gasteiger partial charge on any atom is -0.465 e. The van der Waals surface area contributed by atoms with Crippen LogP contribution in [-0.2, 0) is 19.1 Å². The fraction of sp³-hybridized carbons (Fsp3) is 0.536. The van der Waals surface area contributed by atoms with Crippen molar-refractivity contribution in [3.05, 3.63) is 54.6 Å². The van der Waals surface area contributed by atoms with Crippen molar-refractivity contribution in [2.75, 3.05) is 31.2 Å². The minimum absolute atomic E-state index is 0.0335. The molecular weight excluding hydrogens is 512 g/mol. The van der Waals surface area contributed by atoms with Crippen LogP contribution in [0.15, 0.2) is 49.6 Å². The molecule has 3 saturated heterocycles. The summed E-state index contributed by atoms with van der Waals surface area (Å²) in [4.78, 5) is 44.9. The van der Waals surface area contributed by atoms with Gasteiger partial charge in [0.05, 0.1) is 33.9 Å². The predicted octanol–water partition coefficient (Wildman–Crippen LogP) is 4.09. The van der Waals surface area contributed by atoms with E-state index in [1.807, 2.05) is 6.07 Å². The molecule has 1 spiro atoms. The van der Waals surface area contributed by atoms with Gasteiger partial charge in [0.25, 0.3) is 5.91 Å². The van der Waals surface area contributed by atoms with Gasteiger partial charge in [0.15, 0.2) is 0 Å². The number of carbonyl (C=O) groups is 3. The van der Waals surface area contributed by atoms with Gasteiger partial charge in [0.1, 0.15) is 6.04 Å². The van der Waals surface area contributed by atoms with Gasteiger partial charge in [-0.25, -0.2) is 0 Å². The Kier molecular flexibility index (Phi) is 8.71. The molecule has 0 aliphatic carbocycles. The quantitative estimate of drug-likeness (QED) is 0.241. The number of thioether (sulfide) groups is 1. The summed E-state index contributed by atoms with van der Waals surface area (Å²) < 4.78 is 4.85. The van der Waals surface area contributed by atoms with E-state index in [0.717, 1.165) is 12.8 Å². The third-order valence-electron chi connectivity index (χ3n) is 7.83. The number of anilines is 1. The van der Waals surface area contributed by atoms with Crippen molar-refractivity contribution in [1.82, 2.24) is 4.90 Å². The van der Waals surface area contributed by atoms with Crippen molar-refractivity contribution in [1.29, 1.82) is 0 Å². The van der Waals surface area contributed by atoms with E-state index in [0.29, 0.717) is 23.6 Å². The number of para-hydroxylation sites is 1. The van der Waals surface area contributed by atoms with Crippen LogP contribution in [0.5, 0.6) is 0 Å². The van der Waals surface area contributed by atoms with Crippen LogP contribution in [0.4, 0.5) is 5.69 Å². The fourth-order valence-corrected chi connectivity index (χ4v) is 8.94. The summed E-state index contributed by atoms with van der Waals surface area (Å²) in [6, 6.07) is 6.31. The van der Waals surface area contributed by atoms with E-state index in [-0.39, 0.29) is 55.3 Å². The van der Waals surface area contributed by atoms with E-state index in [4.69, 9.17) is 16.3 Å². The Morgan fingerprint density at radius 2 is 2.05 bits per heavy atom. The molecular formula is C28H35ClN2O5S. The number of amides is 2. The Morgan fingerprint density at radius 1 is 1.30 bits per heavy atom. The molecule has 1 N–H and O–H groups in total. The highest BCUT2D eigenvalue weighted by molar-refractivity contribution is 8.02. The molecule has 2 bridgehead atoms. The van der Waals surface area contributed by atoms with E-state index in [1.54, 1.807) is 51.9 Å². The van der Waals surface area contributed by atoms with Crippen molar-refractivity contribution in [3.8, 4) is 0 Å². The second kappa shape index (κ2) is 11.6. The molecule has 3 aliphatic heterocycles. The maximum atomic E-state index is 14.4. The Hall–Kier alpha value is -2.29. The molecule has 3 unspecified atom stereocenters. The van der Waals surface area contributed by atoms with Gasteiger partial charge in [-0.2, -0.15) is 0 Å². The number of likely N-dealkylation sites (tertiary alicyclic amines) is 1. The van der Waals surface area contributed by atoms with Gasteiger partial charge in [0.2, 0.25) is 5.91 Å². The zero-order valence-electron chi connectivity index (χ0n) is 21.2. The molecule has 7 nitrogen and oxygen atoms in total. The van der Waals surface area contributed by atoms with Gasteiger partial charge in [0, 0.05) is 24.9 Å². The smallest absolute Gasteiger partial charge is 0.310 e. The SMILES string of the molecule is C=CCCCOC(=O)[C@@H]1[C@@H]2CC(C)C3(S2)C(C(=O)N(CC=C)c2ccccc2Cl)N(CCCO)C(=O)[C@H]13. The first-order valence-electron chi connectivity index (χ1n) is 12.9. The van der Waals surface area contributed by atoms with Gasteiger partial charge in [-0.1, -0.05) is 42.8 Å². The first-order chi connectivity index (χ1) is 17.8. The molecule has 4 rings (SSSR count). The maximum Gasteiger partial charge on any atom is 0.310 e. The van der Waals surface area contributed by atoms with Gasteiger partial charge in [-0.3, -0.25) is 14.4 Å². The highest BCUT2D eigenvalue weighted by atomic mass is 35.5. The molecule has 9 heteroatoms. The largest absolute Gasteiger partial charge is 0.465 e. The molecule has 3 fully saturated rings. The molecule has 3 heterocycles. The fourth-order valence-electron chi connectivity index (χ4n) is 6.30. The summed E-state index contributed by atoms with van der Waals surface area (Å²) in [6.45, 7) is 10.2. The summed E-state index contributed by atoms with van der Waals surface area (Å²) >= 11 is 8.09. The molecule has 3 aliphatic rings. The van der Waals surface area contributed by atoms with Crippen LogP contribution in [0.3, 0.4) is 0 Å². The molecule has 200 valence electrons. The number of fused-ring (bicyclic) bond motifs is 1. The van der Waals surface area contributed by atoms with Crippen LogP contribution in [0, 0.1) is 17.8 Å². The first kappa shape index (κ1) is 27.7. The zero-order valence-corrected chi connectivity index (χ0v) is 22.8. The summed E-state index contributed by atoms with van der Waals surface area (Å²) in [7, 11) is 0. The van der Waals surface area contributed by atoms with Crippen LogP contribution in [-0.4, -0.2) is 70.1 Å². The zero-order chi connectivity index (χ0) is 26.7. The number of aliphatic hydroxyl groups excluding tert-OH is 1. The molecule has 0 aromatic heterocycles. The lowest BCUT2D eigenvalue weighted by Gasteiger charge is -2.40. The number of unbranched alkanes of at least 4 members (excludes halogenated alkanes) is 1. The van der Waals surface area contributed by atoms with Gasteiger partial charge >= 0.3 is 5.97 Å². The lowest BCUT2D eigenvalue weighted by atomic mass is 9.66. The number of benzene rings is 1. The third kappa shape index (κ3) is 4.72. The van der Waals surface area contributed by atoms with Crippen LogP contribution >= 0.6 is 23.4 Å². The highest BCUT2D eigenvalue weighted by Gasteiger charge is 2.76. The summed E-state index contributed by atoms with van der Waals surface area (Å²) in [5, 5.41) is 9.90. The molecule has 6 atom stereocenters. The summed E-state index contributed by atoms with van der Waals surface area (Å²) in [5.74, 6) is -2.03. The average molecular weight is 547 g/mol. The second-order valence-electron chi connectivity index (χ2n) is 9.95. The van der Waals surface area contributed by atoms with E-state index in [1.165, 1.54) is 0 Å². The van der Waals surface area contributed by atoms with E-state index >= 15 is 0 Å². The number of nitrogens with zero attached hydrogens (tertiary/aromatic N) is 2. The van der Waals surface area contributed by atoms with Crippen LogP contribution in [0.1, 0.15) is 32.6 Å². The molecule has 1 aromatic rings. The normalized spacial score (nSPS) is 29.8. The number of allylic oxidation sites excluding steroid dienone is 1. The molecule has 37 heavy (non-hydrogen) atoms. The monoisotopic (exact) mass is 546 g/mol.